The van der Waals surface area contributed by atoms with Gasteiger partial charge in [-0.25, -0.2) is 9.59 Å². The van der Waals surface area contributed by atoms with Crippen molar-refractivity contribution < 1.29 is 19.8 Å². The molecule has 2 heterocycles. The lowest BCUT2D eigenvalue weighted by Crippen LogP contribution is -2.46. The number of likely N-dealkylation sites (tertiary alicyclic amines) is 1. The van der Waals surface area contributed by atoms with Gasteiger partial charge >= 0.3 is 12.0 Å². The largest absolute Gasteiger partial charge is 0.480 e. The number of β-amino-alcohol motifs (C(OH)–C–C–N with tert-alkyl or cyclic N) is 1. The summed E-state index contributed by atoms with van der Waals surface area (Å²) in [5.74, 6) is -1.10. The fourth-order valence-corrected chi connectivity index (χ4v) is 2.49. The minimum absolute atomic E-state index is 0.0334. The number of aliphatic hydroxyl groups excluding tert-OH is 1. The number of hydrogen-bond acceptors (Lipinski definition) is 4. The highest BCUT2D eigenvalue weighted by Crippen LogP contribution is 2.18. The van der Waals surface area contributed by atoms with Crippen molar-refractivity contribution in [2.24, 2.45) is 0 Å². The molecular weight excluding hydrogens is 274 g/mol. The Morgan fingerprint density at radius 1 is 1.52 bits per heavy atom. The molecule has 3 N–H and O–H groups in total. The number of carbonyl (C=O) groups is 2. The monoisotopic (exact) mass is 293 g/mol. The highest BCUT2D eigenvalue weighted by molar-refractivity contribution is 5.83. The van der Waals surface area contributed by atoms with Crippen molar-refractivity contribution in [2.75, 3.05) is 6.54 Å². The van der Waals surface area contributed by atoms with Crippen LogP contribution in [-0.4, -0.2) is 50.8 Å². The summed E-state index contributed by atoms with van der Waals surface area (Å²) < 4.78 is 0. The third-order valence-electron chi connectivity index (χ3n) is 3.60. The topological polar surface area (TPSA) is 103 Å². The number of aliphatic hydroxyl groups is 1. The van der Waals surface area contributed by atoms with Gasteiger partial charge in [0.15, 0.2) is 0 Å². The summed E-state index contributed by atoms with van der Waals surface area (Å²) in [6, 6.07) is 2.30. The number of hydrogen-bond donors (Lipinski definition) is 3. The molecule has 21 heavy (non-hydrogen) atoms. The van der Waals surface area contributed by atoms with Gasteiger partial charge in [0.2, 0.25) is 0 Å². The van der Waals surface area contributed by atoms with Crippen LogP contribution in [-0.2, 0) is 17.8 Å². The molecule has 0 aromatic carbocycles. The van der Waals surface area contributed by atoms with Gasteiger partial charge in [0.05, 0.1) is 18.3 Å². The molecule has 1 fully saturated rings. The number of carboxylic acid groups (broad SMARTS) is 1. The second kappa shape index (κ2) is 6.53. The number of pyridine rings is 1. The lowest BCUT2D eigenvalue weighted by Gasteiger charge is -2.21. The van der Waals surface area contributed by atoms with E-state index in [2.05, 4.69) is 10.3 Å². The van der Waals surface area contributed by atoms with Crippen LogP contribution < -0.4 is 5.32 Å². The number of carboxylic acids is 1. The molecule has 1 aromatic heterocycles. The van der Waals surface area contributed by atoms with E-state index in [0.717, 1.165) is 22.6 Å². The van der Waals surface area contributed by atoms with E-state index >= 15 is 0 Å². The van der Waals surface area contributed by atoms with E-state index in [0.29, 0.717) is 0 Å². The zero-order chi connectivity index (χ0) is 15.4. The van der Waals surface area contributed by atoms with Gasteiger partial charge in [0.25, 0.3) is 0 Å². The number of urea groups is 1. The first-order valence-corrected chi connectivity index (χ1v) is 6.91. The minimum atomic E-state index is -1.10. The standard InChI is InChI=1S/C14H19N3O4/c1-2-9-4-3-5-15-11(9)7-16-14(21)17-8-10(18)6-12(17)13(19)20/h3-5,10,12,18H,2,6-8H2,1H3,(H,16,21)(H,19,20)/t10-,12+/m1/s1. The van der Waals surface area contributed by atoms with Crippen LogP contribution in [0.3, 0.4) is 0 Å². The van der Waals surface area contributed by atoms with E-state index in [1.807, 2.05) is 19.1 Å². The predicted octanol–water partition coefficient (Wildman–Crippen LogP) is 0.373. The lowest BCUT2D eigenvalue weighted by molar-refractivity contribution is -0.141. The molecule has 7 nitrogen and oxygen atoms in total. The van der Waals surface area contributed by atoms with Crippen molar-refractivity contribution in [2.45, 2.75) is 38.5 Å². The van der Waals surface area contributed by atoms with Gasteiger partial charge in [-0.15, -0.1) is 0 Å². The number of nitrogens with zero attached hydrogens (tertiary/aromatic N) is 2. The summed E-state index contributed by atoms with van der Waals surface area (Å²) >= 11 is 0. The molecule has 2 atom stereocenters. The van der Waals surface area contributed by atoms with Gasteiger partial charge in [-0.2, -0.15) is 0 Å². The summed E-state index contributed by atoms with van der Waals surface area (Å²) in [6.45, 7) is 2.27. The maximum atomic E-state index is 12.1. The normalized spacial score (nSPS) is 21.3. The molecular formula is C14H19N3O4. The van der Waals surface area contributed by atoms with Crippen LogP contribution in [0, 0.1) is 0 Å². The number of nitrogens with one attached hydrogen (secondary N) is 1. The molecule has 1 aliphatic heterocycles. The van der Waals surface area contributed by atoms with Gasteiger partial charge in [0, 0.05) is 19.2 Å². The Bertz CT molecular complexity index is 535. The molecule has 0 aliphatic carbocycles. The number of aryl methyl sites for hydroxylation is 1. The Hall–Kier alpha value is -2.15. The van der Waals surface area contributed by atoms with Crippen LogP contribution >= 0.6 is 0 Å². The minimum Gasteiger partial charge on any atom is -0.480 e. The Labute approximate surface area is 122 Å². The zero-order valence-electron chi connectivity index (χ0n) is 11.8. The molecule has 0 spiro atoms. The highest BCUT2D eigenvalue weighted by atomic mass is 16.4. The Kier molecular flexibility index (Phi) is 4.74. The SMILES string of the molecule is CCc1cccnc1CNC(=O)N1C[C@H](O)C[C@H]1C(=O)O. The highest BCUT2D eigenvalue weighted by Gasteiger charge is 2.38. The molecule has 0 unspecified atom stereocenters. The van der Waals surface area contributed by atoms with E-state index in [1.165, 1.54) is 0 Å². The van der Waals surface area contributed by atoms with Crippen molar-refractivity contribution in [1.82, 2.24) is 15.2 Å². The van der Waals surface area contributed by atoms with Gasteiger partial charge in [-0.3, -0.25) is 4.98 Å². The Morgan fingerprint density at radius 3 is 2.95 bits per heavy atom. The number of rotatable bonds is 4. The van der Waals surface area contributed by atoms with Crippen LogP contribution in [0.15, 0.2) is 18.3 Å². The lowest BCUT2D eigenvalue weighted by atomic mass is 10.1. The number of amides is 2. The number of aromatic nitrogens is 1. The van der Waals surface area contributed by atoms with Crippen LogP contribution in [0.2, 0.25) is 0 Å². The average molecular weight is 293 g/mol. The number of carbonyl (C=O) groups excluding carboxylic acids is 1. The van der Waals surface area contributed by atoms with Crippen LogP contribution in [0.5, 0.6) is 0 Å². The van der Waals surface area contributed by atoms with Crippen molar-refractivity contribution in [3.63, 3.8) is 0 Å². The van der Waals surface area contributed by atoms with Crippen molar-refractivity contribution in [3.05, 3.63) is 29.6 Å². The molecule has 2 amide bonds. The van der Waals surface area contributed by atoms with Crippen LogP contribution in [0.4, 0.5) is 4.79 Å². The fraction of sp³-hybridized carbons (Fsp3) is 0.500. The molecule has 1 aromatic rings. The molecule has 1 saturated heterocycles. The first-order chi connectivity index (χ1) is 10.0. The predicted molar refractivity (Wildman–Crippen MR) is 74.6 cm³/mol. The van der Waals surface area contributed by atoms with Gasteiger partial charge in [-0.05, 0) is 18.1 Å². The van der Waals surface area contributed by atoms with E-state index < -0.39 is 24.1 Å². The van der Waals surface area contributed by atoms with E-state index in [1.54, 1.807) is 6.20 Å². The smallest absolute Gasteiger partial charge is 0.326 e. The third-order valence-corrected chi connectivity index (χ3v) is 3.60. The second-order valence-corrected chi connectivity index (χ2v) is 5.02. The van der Waals surface area contributed by atoms with Gasteiger partial charge in [-0.1, -0.05) is 13.0 Å². The van der Waals surface area contributed by atoms with Crippen LogP contribution in [0.25, 0.3) is 0 Å². The molecule has 0 bridgehead atoms. The number of aliphatic carboxylic acids is 1. The van der Waals surface area contributed by atoms with Crippen molar-refractivity contribution >= 4 is 12.0 Å². The molecule has 7 heteroatoms. The molecule has 114 valence electrons. The van der Waals surface area contributed by atoms with E-state index in [9.17, 15) is 14.7 Å². The molecule has 0 saturated carbocycles. The summed E-state index contributed by atoms with van der Waals surface area (Å²) in [6.07, 6.45) is 1.73. The van der Waals surface area contributed by atoms with Crippen molar-refractivity contribution in [3.8, 4) is 0 Å². The molecule has 1 aliphatic rings. The average Bonchev–Trinajstić information content (AvgIpc) is 2.87. The summed E-state index contributed by atoms with van der Waals surface area (Å²) in [5, 5.41) is 21.3. The summed E-state index contributed by atoms with van der Waals surface area (Å²) in [7, 11) is 0. The summed E-state index contributed by atoms with van der Waals surface area (Å²) in [4.78, 5) is 28.6. The third kappa shape index (κ3) is 3.49. The van der Waals surface area contributed by atoms with Crippen LogP contribution in [0.1, 0.15) is 24.6 Å². The first-order valence-electron chi connectivity index (χ1n) is 6.91. The first kappa shape index (κ1) is 15.2. The molecule has 0 radical (unpaired) electrons. The van der Waals surface area contributed by atoms with Crippen molar-refractivity contribution in [1.29, 1.82) is 0 Å². The maximum Gasteiger partial charge on any atom is 0.326 e. The van der Waals surface area contributed by atoms with E-state index in [4.69, 9.17) is 5.11 Å². The van der Waals surface area contributed by atoms with Gasteiger partial charge < -0.3 is 20.4 Å². The Morgan fingerprint density at radius 2 is 2.29 bits per heavy atom. The fourth-order valence-electron chi connectivity index (χ4n) is 2.49. The quantitative estimate of drug-likeness (QED) is 0.744. The molecule has 2 rings (SSSR count). The van der Waals surface area contributed by atoms with Gasteiger partial charge in [0.1, 0.15) is 6.04 Å². The maximum absolute atomic E-state index is 12.1. The Balaban J connectivity index is 2.00. The summed E-state index contributed by atoms with van der Waals surface area (Å²) in [5.41, 5.74) is 1.80. The zero-order valence-corrected chi connectivity index (χ0v) is 11.8. The second-order valence-electron chi connectivity index (χ2n) is 5.02. The van der Waals surface area contributed by atoms with E-state index in [-0.39, 0.29) is 19.5 Å².